The quantitative estimate of drug-likeness (QED) is 0.409. The minimum absolute atomic E-state index is 0.0128. The van der Waals surface area contributed by atoms with Crippen molar-refractivity contribution < 1.29 is 14.7 Å². The molecule has 2 N–H and O–H groups in total. The normalized spacial score (nSPS) is 14.7. The van der Waals surface area contributed by atoms with E-state index in [9.17, 15) is 9.59 Å². The van der Waals surface area contributed by atoms with Gasteiger partial charge in [-0.25, -0.2) is 0 Å². The van der Waals surface area contributed by atoms with Crippen molar-refractivity contribution in [2.24, 2.45) is 11.8 Å². The van der Waals surface area contributed by atoms with Crippen molar-refractivity contribution in [3.63, 3.8) is 0 Å². The molecule has 14 heavy (non-hydrogen) atoms. The number of carbonyl (C=O) groups excluding carboxylic acids is 1. The predicted octanol–water partition coefficient (Wildman–Crippen LogP) is 0.432. The van der Waals surface area contributed by atoms with Crippen LogP contribution in [0.1, 0.15) is 13.3 Å². The highest BCUT2D eigenvalue weighted by atomic mass is 32.1. The zero-order chi connectivity index (χ0) is 11.0. The molecular formula is C9H17NO3S. The van der Waals surface area contributed by atoms with E-state index in [4.69, 9.17) is 5.11 Å². The molecule has 4 nitrogen and oxygen atoms in total. The maximum Gasteiger partial charge on any atom is 0.317 e. The predicted molar refractivity (Wildman–Crippen MR) is 57.7 cm³/mol. The average molecular weight is 219 g/mol. The molecule has 0 heterocycles. The van der Waals surface area contributed by atoms with Gasteiger partial charge in [0.1, 0.15) is 6.29 Å². The lowest BCUT2D eigenvalue weighted by Gasteiger charge is -2.15. The highest BCUT2D eigenvalue weighted by molar-refractivity contribution is 7.80. The molecule has 0 saturated heterocycles. The Morgan fingerprint density at radius 2 is 2.29 bits per heavy atom. The monoisotopic (exact) mass is 219 g/mol. The van der Waals surface area contributed by atoms with Crippen LogP contribution in [-0.4, -0.2) is 36.2 Å². The molecule has 2 atom stereocenters. The zero-order valence-electron chi connectivity index (χ0n) is 8.27. The Morgan fingerprint density at radius 1 is 1.64 bits per heavy atom. The Balaban J connectivity index is 3.67. The highest BCUT2D eigenvalue weighted by Crippen LogP contribution is 2.10. The molecule has 0 radical (unpaired) electrons. The Labute approximate surface area is 89.5 Å². The largest absolute Gasteiger partial charge is 0.480 e. The van der Waals surface area contributed by atoms with Gasteiger partial charge >= 0.3 is 5.97 Å². The van der Waals surface area contributed by atoms with Crippen molar-refractivity contribution in [1.82, 2.24) is 5.32 Å². The smallest absolute Gasteiger partial charge is 0.317 e. The van der Waals surface area contributed by atoms with E-state index < -0.39 is 5.97 Å². The second-order valence-corrected chi connectivity index (χ2v) is 3.79. The van der Waals surface area contributed by atoms with Crippen LogP contribution in [0.2, 0.25) is 0 Å². The summed E-state index contributed by atoms with van der Waals surface area (Å²) >= 11 is 4.15. The third-order valence-electron chi connectivity index (χ3n) is 1.90. The van der Waals surface area contributed by atoms with Crippen molar-refractivity contribution in [3.05, 3.63) is 0 Å². The molecule has 0 aliphatic heterocycles. The lowest BCUT2D eigenvalue weighted by molar-refractivity contribution is -0.136. The molecule has 0 fully saturated rings. The molecule has 0 aliphatic rings. The van der Waals surface area contributed by atoms with Crippen LogP contribution in [0.4, 0.5) is 0 Å². The van der Waals surface area contributed by atoms with Gasteiger partial charge in [0.05, 0.1) is 6.54 Å². The Bertz CT molecular complexity index is 187. The van der Waals surface area contributed by atoms with Gasteiger partial charge in [-0.15, -0.1) is 0 Å². The summed E-state index contributed by atoms with van der Waals surface area (Å²) in [6.07, 6.45) is 1.66. The number of nitrogens with one attached hydrogen (secondary N) is 1. The van der Waals surface area contributed by atoms with E-state index in [1.54, 1.807) is 0 Å². The third kappa shape index (κ3) is 6.91. The number of aliphatic carboxylic acids is 1. The number of carbonyl (C=O) groups is 2. The fourth-order valence-corrected chi connectivity index (χ4v) is 1.47. The van der Waals surface area contributed by atoms with Crippen LogP contribution in [0.5, 0.6) is 0 Å². The maximum absolute atomic E-state index is 10.4. The molecule has 0 spiro atoms. The molecule has 0 aliphatic carbocycles. The van der Waals surface area contributed by atoms with Gasteiger partial charge in [-0.3, -0.25) is 4.79 Å². The molecular weight excluding hydrogens is 202 g/mol. The fourth-order valence-electron chi connectivity index (χ4n) is 1.19. The Kier molecular flexibility index (Phi) is 7.51. The van der Waals surface area contributed by atoms with Gasteiger partial charge in [0.25, 0.3) is 0 Å². The number of aldehydes is 1. The van der Waals surface area contributed by atoms with Crippen molar-refractivity contribution in [2.75, 3.05) is 18.8 Å². The van der Waals surface area contributed by atoms with Gasteiger partial charge < -0.3 is 15.2 Å². The van der Waals surface area contributed by atoms with Gasteiger partial charge in [-0.05, 0) is 24.6 Å². The van der Waals surface area contributed by atoms with Gasteiger partial charge in [0, 0.05) is 5.92 Å². The van der Waals surface area contributed by atoms with Gasteiger partial charge in [-0.2, -0.15) is 12.6 Å². The molecule has 82 valence electrons. The highest BCUT2D eigenvalue weighted by Gasteiger charge is 2.11. The Morgan fingerprint density at radius 3 is 2.71 bits per heavy atom. The van der Waals surface area contributed by atoms with E-state index in [0.29, 0.717) is 12.3 Å². The zero-order valence-corrected chi connectivity index (χ0v) is 9.17. The van der Waals surface area contributed by atoms with Crippen molar-refractivity contribution >= 4 is 24.9 Å². The molecule has 0 saturated carbocycles. The first-order valence-corrected chi connectivity index (χ1v) is 5.22. The first-order chi connectivity index (χ1) is 6.60. The summed E-state index contributed by atoms with van der Waals surface area (Å²) in [6.45, 7) is 2.40. The van der Waals surface area contributed by atoms with E-state index in [1.165, 1.54) is 0 Å². The second kappa shape index (κ2) is 7.82. The van der Waals surface area contributed by atoms with E-state index in [2.05, 4.69) is 17.9 Å². The van der Waals surface area contributed by atoms with Crippen LogP contribution >= 0.6 is 12.6 Å². The minimum Gasteiger partial charge on any atom is -0.480 e. The van der Waals surface area contributed by atoms with Crippen LogP contribution in [0.25, 0.3) is 0 Å². The number of carboxylic acids is 1. The summed E-state index contributed by atoms with van der Waals surface area (Å²) in [4.78, 5) is 20.6. The summed E-state index contributed by atoms with van der Waals surface area (Å²) < 4.78 is 0. The van der Waals surface area contributed by atoms with E-state index >= 15 is 0 Å². The Hall–Kier alpha value is -0.550. The lowest BCUT2D eigenvalue weighted by Crippen LogP contribution is -2.30. The minimum atomic E-state index is -0.869. The number of hydrogen-bond donors (Lipinski definition) is 3. The fraction of sp³-hybridized carbons (Fsp3) is 0.778. The summed E-state index contributed by atoms with van der Waals surface area (Å²) in [5.41, 5.74) is 0. The van der Waals surface area contributed by atoms with Gasteiger partial charge in [-0.1, -0.05) is 6.92 Å². The molecule has 2 unspecified atom stereocenters. The van der Waals surface area contributed by atoms with Crippen LogP contribution in [0, 0.1) is 11.8 Å². The van der Waals surface area contributed by atoms with E-state index in [1.807, 2.05) is 6.92 Å². The summed E-state index contributed by atoms with van der Waals surface area (Å²) in [5.74, 6) is 0.0492. The number of rotatable bonds is 8. The molecule has 0 rings (SSSR count). The molecule has 0 aromatic rings. The topological polar surface area (TPSA) is 66.4 Å². The first kappa shape index (κ1) is 13.4. The van der Waals surface area contributed by atoms with E-state index in [-0.39, 0.29) is 18.4 Å². The van der Waals surface area contributed by atoms with Crippen LogP contribution in [-0.2, 0) is 9.59 Å². The molecule has 0 aromatic carbocycles. The van der Waals surface area contributed by atoms with Crippen LogP contribution < -0.4 is 5.32 Å². The SMILES string of the molecule is CC(C=O)CC(CS)CNCC(=O)O. The first-order valence-electron chi connectivity index (χ1n) is 4.58. The average Bonchev–Trinajstić information content (AvgIpc) is 2.15. The van der Waals surface area contributed by atoms with Crippen molar-refractivity contribution in [2.45, 2.75) is 13.3 Å². The van der Waals surface area contributed by atoms with Gasteiger partial charge in [0.15, 0.2) is 0 Å². The maximum atomic E-state index is 10.4. The van der Waals surface area contributed by atoms with Gasteiger partial charge in [0.2, 0.25) is 0 Å². The molecule has 0 aromatic heterocycles. The van der Waals surface area contributed by atoms with Crippen LogP contribution in [0.3, 0.4) is 0 Å². The summed E-state index contributed by atoms with van der Waals surface area (Å²) in [5, 5.41) is 11.2. The van der Waals surface area contributed by atoms with Crippen LogP contribution in [0.15, 0.2) is 0 Å². The molecule has 0 bridgehead atoms. The van der Waals surface area contributed by atoms with E-state index in [0.717, 1.165) is 12.7 Å². The lowest BCUT2D eigenvalue weighted by atomic mass is 9.98. The number of hydrogen-bond acceptors (Lipinski definition) is 4. The number of carboxylic acid groups (broad SMARTS) is 1. The number of thiol groups is 1. The summed E-state index contributed by atoms with van der Waals surface area (Å²) in [6, 6.07) is 0. The second-order valence-electron chi connectivity index (χ2n) is 3.42. The van der Waals surface area contributed by atoms with Crippen molar-refractivity contribution in [1.29, 1.82) is 0 Å². The molecule has 0 amide bonds. The summed E-state index contributed by atoms with van der Waals surface area (Å²) in [7, 11) is 0. The standard InChI is InChI=1S/C9H17NO3S/c1-7(5-11)2-8(6-14)3-10-4-9(12)13/h5,7-8,10,14H,2-4,6H2,1H3,(H,12,13). The third-order valence-corrected chi connectivity index (χ3v) is 2.42. The molecule has 5 heteroatoms. The van der Waals surface area contributed by atoms with Crippen molar-refractivity contribution in [3.8, 4) is 0 Å².